The number of alkyl halides is 1. The lowest BCUT2D eigenvalue weighted by atomic mass is 9.88. The van der Waals surface area contributed by atoms with E-state index in [0.29, 0.717) is 50.9 Å². The van der Waals surface area contributed by atoms with Gasteiger partial charge in [0.05, 0.1) is 32.5 Å². The average molecular weight is 476 g/mol. The van der Waals surface area contributed by atoms with Gasteiger partial charge in [-0.25, -0.2) is 0 Å². The predicted octanol–water partition coefficient (Wildman–Crippen LogP) is 5.19. The van der Waals surface area contributed by atoms with Gasteiger partial charge in [-0.05, 0) is 81.5 Å². The van der Waals surface area contributed by atoms with Crippen LogP contribution in [0.1, 0.15) is 50.4 Å². The van der Waals surface area contributed by atoms with Crippen LogP contribution in [0.3, 0.4) is 0 Å². The third-order valence-corrected chi connectivity index (χ3v) is 5.86. The van der Waals surface area contributed by atoms with Crippen LogP contribution in [0.15, 0.2) is 30.3 Å². The van der Waals surface area contributed by atoms with Crippen LogP contribution in [0.2, 0.25) is 0 Å². The van der Waals surface area contributed by atoms with E-state index < -0.39 is 0 Å². The molecule has 1 heterocycles. The highest BCUT2D eigenvalue weighted by molar-refractivity contribution is 6.27. The fraction of sp³-hybridized carbons (Fsp3) is 0.500. The molecule has 0 spiro atoms. The summed E-state index contributed by atoms with van der Waals surface area (Å²) in [4.78, 5) is 14.6. The molecule has 0 fully saturated rings. The molecule has 0 aromatic heterocycles. The zero-order chi connectivity index (χ0) is 23.8. The fourth-order valence-electron chi connectivity index (χ4n) is 4.29. The van der Waals surface area contributed by atoms with E-state index in [2.05, 4.69) is 6.07 Å². The molecule has 180 valence electrons. The topological polar surface area (TPSA) is 57.2 Å². The number of nitrogens with zero attached hydrogens (tertiary/aromatic N) is 1. The van der Waals surface area contributed by atoms with Gasteiger partial charge in [-0.3, -0.25) is 4.79 Å². The lowest BCUT2D eigenvalue weighted by Gasteiger charge is -2.38. The quantitative estimate of drug-likeness (QED) is 0.419. The Bertz CT molecular complexity index is 949. The van der Waals surface area contributed by atoms with E-state index in [1.54, 1.807) is 0 Å². The van der Waals surface area contributed by atoms with Crippen molar-refractivity contribution in [3.8, 4) is 23.0 Å². The number of amides is 1. The highest BCUT2D eigenvalue weighted by Gasteiger charge is 2.32. The van der Waals surface area contributed by atoms with Crippen LogP contribution in [0.5, 0.6) is 23.0 Å². The molecule has 33 heavy (non-hydrogen) atoms. The van der Waals surface area contributed by atoms with Gasteiger partial charge in [0.25, 0.3) is 0 Å². The molecule has 7 heteroatoms. The van der Waals surface area contributed by atoms with Crippen molar-refractivity contribution in [2.75, 3.05) is 38.9 Å². The number of hydrogen-bond acceptors (Lipinski definition) is 5. The zero-order valence-electron chi connectivity index (χ0n) is 20.0. The maximum absolute atomic E-state index is 12.8. The van der Waals surface area contributed by atoms with Crippen LogP contribution in [0, 0.1) is 0 Å². The normalized spacial score (nSPS) is 15.1. The lowest BCUT2D eigenvalue weighted by molar-refractivity contribution is -0.131. The van der Waals surface area contributed by atoms with E-state index in [9.17, 15) is 4.79 Å². The van der Waals surface area contributed by atoms with Crippen LogP contribution >= 0.6 is 11.6 Å². The fourth-order valence-corrected chi connectivity index (χ4v) is 4.44. The second-order valence-corrected chi connectivity index (χ2v) is 7.97. The van der Waals surface area contributed by atoms with E-state index in [1.165, 1.54) is 5.56 Å². The Morgan fingerprint density at radius 3 is 2.06 bits per heavy atom. The minimum atomic E-state index is -0.165. The summed E-state index contributed by atoms with van der Waals surface area (Å²) in [6.07, 6.45) is 1.37. The molecule has 0 saturated carbocycles. The van der Waals surface area contributed by atoms with Gasteiger partial charge in [-0.1, -0.05) is 6.07 Å². The van der Waals surface area contributed by atoms with Crippen LogP contribution in [0.25, 0.3) is 0 Å². The first-order valence-electron chi connectivity index (χ1n) is 11.7. The molecule has 0 unspecified atom stereocenters. The van der Waals surface area contributed by atoms with Gasteiger partial charge in [0.15, 0.2) is 23.0 Å². The van der Waals surface area contributed by atoms with Crippen molar-refractivity contribution in [2.24, 2.45) is 0 Å². The van der Waals surface area contributed by atoms with Crippen molar-refractivity contribution in [1.29, 1.82) is 0 Å². The van der Waals surface area contributed by atoms with Crippen LogP contribution in [-0.4, -0.2) is 49.7 Å². The van der Waals surface area contributed by atoms with Crippen LogP contribution < -0.4 is 18.9 Å². The molecule has 0 saturated heterocycles. The summed E-state index contributed by atoms with van der Waals surface area (Å²) in [5.74, 6) is 2.76. The zero-order valence-corrected chi connectivity index (χ0v) is 20.7. The molecule has 1 amide bonds. The van der Waals surface area contributed by atoms with Gasteiger partial charge in [-0.15, -0.1) is 11.6 Å². The second kappa shape index (κ2) is 12.0. The Balaban J connectivity index is 2.03. The SMILES string of the molecule is CCOc1ccc(C[C@@H]2c3cc(OCC)c(OCC)cc3CCN2C(=O)CCl)cc1OCC. The molecule has 0 N–H and O–H groups in total. The summed E-state index contributed by atoms with van der Waals surface area (Å²) < 4.78 is 23.2. The van der Waals surface area contributed by atoms with E-state index in [0.717, 1.165) is 29.0 Å². The molecule has 0 radical (unpaired) electrons. The number of halogens is 1. The Morgan fingerprint density at radius 2 is 1.45 bits per heavy atom. The van der Waals surface area contributed by atoms with Crippen LogP contribution in [0.4, 0.5) is 0 Å². The smallest absolute Gasteiger partial charge is 0.238 e. The highest BCUT2D eigenvalue weighted by atomic mass is 35.5. The standard InChI is InChI=1S/C26H34ClNO5/c1-5-30-22-10-9-18(14-23(22)31-6-2)13-21-20-16-25(33-8-4)24(32-7-3)15-19(20)11-12-28(21)26(29)17-27/h9-10,14-16,21H,5-8,11-13,17H2,1-4H3/t21-/m1/s1. The molecule has 0 aliphatic carbocycles. The summed E-state index contributed by atoms with van der Waals surface area (Å²) in [7, 11) is 0. The maximum Gasteiger partial charge on any atom is 0.238 e. The van der Waals surface area contributed by atoms with Gasteiger partial charge >= 0.3 is 0 Å². The maximum atomic E-state index is 12.8. The summed E-state index contributed by atoms with van der Waals surface area (Å²) in [5.41, 5.74) is 3.29. The predicted molar refractivity (Wildman–Crippen MR) is 130 cm³/mol. The van der Waals surface area contributed by atoms with E-state index >= 15 is 0 Å². The van der Waals surface area contributed by atoms with Crippen molar-refractivity contribution < 1.29 is 23.7 Å². The Hall–Kier alpha value is -2.60. The number of carbonyl (C=O) groups excluding carboxylic acids is 1. The van der Waals surface area contributed by atoms with E-state index in [-0.39, 0.29) is 17.8 Å². The first-order chi connectivity index (χ1) is 16.1. The number of rotatable bonds is 11. The summed E-state index contributed by atoms with van der Waals surface area (Å²) in [6.45, 7) is 10.6. The number of fused-ring (bicyclic) bond motifs is 1. The van der Waals surface area contributed by atoms with Crippen molar-refractivity contribution in [3.63, 3.8) is 0 Å². The van der Waals surface area contributed by atoms with Gasteiger partial charge in [0.1, 0.15) is 5.88 Å². The van der Waals surface area contributed by atoms with Gasteiger partial charge in [0, 0.05) is 6.54 Å². The molecule has 1 atom stereocenters. The molecule has 0 bridgehead atoms. The molecular formula is C26H34ClNO5. The number of benzene rings is 2. The van der Waals surface area contributed by atoms with Crippen molar-refractivity contribution >= 4 is 17.5 Å². The molecule has 1 aliphatic rings. The minimum absolute atomic E-state index is 0.0470. The first kappa shape index (κ1) is 25.0. The van der Waals surface area contributed by atoms with Crippen LogP contribution in [-0.2, 0) is 17.6 Å². The van der Waals surface area contributed by atoms with Gasteiger partial charge in [-0.2, -0.15) is 0 Å². The van der Waals surface area contributed by atoms with E-state index in [1.807, 2.05) is 56.9 Å². The molecule has 3 rings (SSSR count). The average Bonchev–Trinajstić information content (AvgIpc) is 2.81. The number of carbonyl (C=O) groups is 1. The second-order valence-electron chi connectivity index (χ2n) is 7.70. The molecular weight excluding hydrogens is 442 g/mol. The first-order valence-corrected chi connectivity index (χ1v) is 12.3. The van der Waals surface area contributed by atoms with Gasteiger partial charge < -0.3 is 23.8 Å². The number of hydrogen-bond donors (Lipinski definition) is 0. The summed E-state index contributed by atoms with van der Waals surface area (Å²) in [5, 5.41) is 0. The summed E-state index contributed by atoms with van der Waals surface area (Å²) in [6, 6.07) is 9.89. The minimum Gasteiger partial charge on any atom is -0.490 e. The Kier molecular flexibility index (Phi) is 9.12. The van der Waals surface area contributed by atoms with Gasteiger partial charge in [0.2, 0.25) is 5.91 Å². The number of ether oxygens (including phenoxy) is 4. The van der Waals surface area contributed by atoms with E-state index in [4.69, 9.17) is 30.5 Å². The highest BCUT2D eigenvalue weighted by Crippen LogP contribution is 2.40. The lowest BCUT2D eigenvalue weighted by Crippen LogP contribution is -2.41. The third kappa shape index (κ3) is 5.85. The molecule has 2 aromatic rings. The monoisotopic (exact) mass is 475 g/mol. The van der Waals surface area contributed by atoms with Crippen molar-refractivity contribution in [1.82, 2.24) is 4.90 Å². The van der Waals surface area contributed by atoms with Crippen molar-refractivity contribution in [2.45, 2.75) is 46.6 Å². The van der Waals surface area contributed by atoms with Crippen molar-refractivity contribution in [3.05, 3.63) is 47.0 Å². The largest absolute Gasteiger partial charge is 0.490 e. The molecule has 1 aliphatic heterocycles. The third-order valence-electron chi connectivity index (χ3n) is 5.63. The Labute approximate surface area is 201 Å². The molecule has 6 nitrogen and oxygen atoms in total. The molecule has 2 aromatic carbocycles. The summed E-state index contributed by atoms with van der Waals surface area (Å²) >= 11 is 5.98. The Morgan fingerprint density at radius 1 is 0.879 bits per heavy atom.